The van der Waals surface area contributed by atoms with E-state index in [0.717, 1.165) is 24.2 Å². The van der Waals surface area contributed by atoms with Crippen molar-refractivity contribution in [3.63, 3.8) is 0 Å². The van der Waals surface area contributed by atoms with Gasteiger partial charge < -0.3 is 5.32 Å². The summed E-state index contributed by atoms with van der Waals surface area (Å²) in [5.41, 5.74) is 1.84. The number of halogens is 1. The van der Waals surface area contributed by atoms with Gasteiger partial charge in [0.1, 0.15) is 5.82 Å². The molecule has 1 N–H and O–H groups in total. The smallest absolute Gasteiger partial charge is 0.141 e. The summed E-state index contributed by atoms with van der Waals surface area (Å²) in [6.07, 6.45) is 5.81. The molecule has 2 aromatic heterocycles. The molecule has 0 saturated heterocycles. The first-order valence-corrected chi connectivity index (χ1v) is 6.06. The van der Waals surface area contributed by atoms with Crippen LogP contribution in [0.15, 0.2) is 42.9 Å². The zero-order valence-electron chi connectivity index (χ0n) is 10.3. The molecular weight excluding hydrogens is 229 g/mol. The normalized spacial score (nSPS) is 12.3. The van der Waals surface area contributed by atoms with E-state index < -0.39 is 0 Å². The van der Waals surface area contributed by atoms with E-state index in [4.69, 9.17) is 0 Å². The van der Waals surface area contributed by atoms with Gasteiger partial charge in [-0.25, -0.2) is 4.39 Å². The highest BCUT2D eigenvalue weighted by molar-refractivity contribution is 5.25. The van der Waals surface area contributed by atoms with Crippen molar-refractivity contribution >= 4 is 0 Å². The Bertz CT molecular complexity index is 470. The molecule has 0 aromatic carbocycles. The largest absolute Gasteiger partial charge is 0.305 e. The van der Waals surface area contributed by atoms with Crippen molar-refractivity contribution in [3.8, 4) is 0 Å². The Morgan fingerprint density at radius 3 is 2.78 bits per heavy atom. The van der Waals surface area contributed by atoms with Gasteiger partial charge in [0.15, 0.2) is 0 Å². The Morgan fingerprint density at radius 1 is 1.28 bits per heavy atom. The van der Waals surface area contributed by atoms with Crippen molar-refractivity contribution in [2.24, 2.45) is 0 Å². The summed E-state index contributed by atoms with van der Waals surface area (Å²) in [6, 6.07) is 6.97. The van der Waals surface area contributed by atoms with Gasteiger partial charge in [0, 0.05) is 12.4 Å². The number of hydrogen-bond donors (Lipinski definition) is 1. The molecule has 18 heavy (non-hydrogen) atoms. The second kappa shape index (κ2) is 6.21. The molecule has 0 spiro atoms. The molecule has 0 aliphatic heterocycles. The van der Waals surface area contributed by atoms with Crippen LogP contribution in [0.25, 0.3) is 0 Å². The molecule has 0 aliphatic rings. The van der Waals surface area contributed by atoms with Crippen molar-refractivity contribution in [3.05, 3.63) is 59.9 Å². The maximum absolute atomic E-state index is 12.9. The highest BCUT2D eigenvalue weighted by Crippen LogP contribution is 2.19. The molecule has 1 atom stereocenters. The van der Waals surface area contributed by atoms with Gasteiger partial charge in [0.2, 0.25) is 0 Å². The van der Waals surface area contributed by atoms with Crippen molar-refractivity contribution in [2.75, 3.05) is 6.54 Å². The minimum absolute atomic E-state index is 0.0424. The molecule has 0 amide bonds. The Balaban J connectivity index is 2.27. The number of pyridine rings is 2. The standard InChI is InChI=1S/C14H16FN3/c1-2-7-17-14(11-4-3-8-16-9-11)13-6-5-12(15)10-18-13/h3-6,8-10,14,17H,2,7H2,1H3. The second-order valence-corrected chi connectivity index (χ2v) is 4.07. The van der Waals surface area contributed by atoms with Gasteiger partial charge in [-0.15, -0.1) is 0 Å². The van der Waals surface area contributed by atoms with Crippen molar-refractivity contribution < 1.29 is 4.39 Å². The third-order valence-corrected chi connectivity index (χ3v) is 2.66. The summed E-state index contributed by atoms with van der Waals surface area (Å²) in [7, 11) is 0. The summed E-state index contributed by atoms with van der Waals surface area (Å²) in [5.74, 6) is -0.320. The van der Waals surface area contributed by atoms with Crippen LogP contribution in [0.2, 0.25) is 0 Å². The van der Waals surface area contributed by atoms with Crippen LogP contribution in [0.4, 0.5) is 4.39 Å². The van der Waals surface area contributed by atoms with E-state index >= 15 is 0 Å². The third-order valence-electron chi connectivity index (χ3n) is 2.66. The zero-order chi connectivity index (χ0) is 12.8. The van der Waals surface area contributed by atoms with Crippen LogP contribution in [0, 0.1) is 5.82 Å². The number of nitrogens with one attached hydrogen (secondary N) is 1. The molecule has 2 rings (SSSR count). The SMILES string of the molecule is CCCNC(c1cccnc1)c1ccc(F)cn1. The summed E-state index contributed by atoms with van der Waals surface area (Å²) in [6.45, 7) is 2.98. The molecule has 0 radical (unpaired) electrons. The predicted molar refractivity (Wildman–Crippen MR) is 68.6 cm³/mol. The lowest BCUT2D eigenvalue weighted by atomic mass is 10.1. The fourth-order valence-corrected chi connectivity index (χ4v) is 1.79. The van der Waals surface area contributed by atoms with Gasteiger partial charge in [-0.1, -0.05) is 13.0 Å². The maximum atomic E-state index is 12.9. The summed E-state index contributed by atoms with van der Waals surface area (Å²) < 4.78 is 12.9. The Morgan fingerprint density at radius 2 is 2.17 bits per heavy atom. The van der Waals surface area contributed by atoms with Gasteiger partial charge in [0.05, 0.1) is 17.9 Å². The summed E-state index contributed by atoms with van der Waals surface area (Å²) in [4.78, 5) is 8.26. The van der Waals surface area contributed by atoms with E-state index in [9.17, 15) is 4.39 Å². The third kappa shape index (κ3) is 3.11. The highest BCUT2D eigenvalue weighted by atomic mass is 19.1. The lowest BCUT2D eigenvalue weighted by Gasteiger charge is -2.18. The van der Waals surface area contributed by atoms with Gasteiger partial charge in [-0.2, -0.15) is 0 Å². The first kappa shape index (κ1) is 12.6. The highest BCUT2D eigenvalue weighted by Gasteiger charge is 2.14. The topological polar surface area (TPSA) is 37.8 Å². The summed E-state index contributed by atoms with van der Waals surface area (Å²) >= 11 is 0. The average molecular weight is 245 g/mol. The van der Waals surface area contributed by atoms with Crippen LogP contribution in [-0.2, 0) is 0 Å². The van der Waals surface area contributed by atoms with Crippen molar-refractivity contribution in [2.45, 2.75) is 19.4 Å². The van der Waals surface area contributed by atoms with Gasteiger partial charge >= 0.3 is 0 Å². The molecule has 1 unspecified atom stereocenters. The van der Waals surface area contributed by atoms with E-state index in [2.05, 4.69) is 22.2 Å². The quantitative estimate of drug-likeness (QED) is 0.880. The molecule has 0 aliphatic carbocycles. The van der Waals surface area contributed by atoms with Gasteiger partial charge in [0.25, 0.3) is 0 Å². The molecule has 4 heteroatoms. The van der Waals surface area contributed by atoms with E-state index in [1.54, 1.807) is 18.5 Å². The zero-order valence-corrected chi connectivity index (χ0v) is 10.3. The Labute approximate surface area is 106 Å². The van der Waals surface area contributed by atoms with E-state index in [1.165, 1.54) is 12.3 Å². The van der Waals surface area contributed by atoms with Crippen LogP contribution < -0.4 is 5.32 Å². The molecule has 3 nitrogen and oxygen atoms in total. The fraction of sp³-hybridized carbons (Fsp3) is 0.286. The van der Waals surface area contributed by atoms with Crippen LogP contribution in [0.5, 0.6) is 0 Å². The Hall–Kier alpha value is -1.81. The van der Waals surface area contributed by atoms with Crippen LogP contribution >= 0.6 is 0 Å². The first-order valence-electron chi connectivity index (χ1n) is 6.06. The second-order valence-electron chi connectivity index (χ2n) is 4.07. The van der Waals surface area contributed by atoms with E-state index in [0.29, 0.717) is 0 Å². The Kier molecular flexibility index (Phi) is 4.36. The molecule has 2 heterocycles. The number of hydrogen-bond acceptors (Lipinski definition) is 3. The molecule has 2 aromatic rings. The lowest BCUT2D eigenvalue weighted by molar-refractivity contribution is 0.575. The number of nitrogens with zero attached hydrogens (tertiary/aromatic N) is 2. The van der Waals surface area contributed by atoms with E-state index in [1.807, 2.05) is 12.1 Å². The van der Waals surface area contributed by atoms with Crippen LogP contribution in [0.3, 0.4) is 0 Å². The number of rotatable bonds is 5. The monoisotopic (exact) mass is 245 g/mol. The van der Waals surface area contributed by atoms with Crippen molar-refractivity contribution in [1.82, 2.24) is 15.3 Å². The predicted octanol–water partition coefficient (Wildman–Crippen LogP) is 2.70. The van der Waals surface area contributed by atoms with Gasteiger partial charge in [-0.05, 0) is 36.7 Å². The first-order chi connectivity index (χ1) is 8.81. The fourth-order valence-electron chi connectivity index (χ4n) is 1.79. The minimum atomic E-state index is -0.320. The molecule has 0 fully saturated rings. The minimum Gasteiger partial charge on any atom is -0.305 e. The van der Waals surface area contributed by atoms with Gasteiger partial charge in [-0.3, -0.25) is 9.97 Å². The molecular formula is C14H16FN3. The number of aromatic nitrogens is 2. The van der Waals surface area contributed by atoms with Crippen LogP contribution in [-0.4, -0.2) is 16.5 Å². The lowest BCUT2D eigenvalue weighted by Crippen LogP contribution is -2.24. The summed E-state index contributed by atoms with van der Waals surface area (Å²) in [5, 5.41) is 3.40. The molecule has 0 bridgehead atoms. The van der Waals surface area contributed by atoms with Crippen molar-refractivity contribution in [1.29, 1.82) is 0 Å². The molecule has 0 saturated carbocycles. The average Bonchev–Trinajstić information content (AvgIpc) is 2.42. The molecule has 94 valence electrons. The maximum Gasteiger partial charge on any atom is 0.141 e. The van der Waals surface area contributed by atoms with E-state index in [-0.39, 0.29) is 11.9 Å². The van der Waals surface area contributed by atoms with Crippen LogP contribution in [0.1, 0.15) is 30.6 Å².